The minimum Gasteiger partial charge on any atom is -0.493 e. The zero-order valence-corrected chi connectivity index (χ0v) is 17.9. The normalized spacial score (nSPS) is 20.1. The summed E-state index contributed by atoms with van der Waals surface area (Å²) in [5.74, 6) is 2.45. The summed E-state index contributed by atoms with van der Waals surface area (Å²) in [4.78, 5) is 14.0. The fourth-order valence-electron chi connectivity index (χ4n) is 4.39. The Bertz CT molecular complexity index is 1020. The van der Waals surface area contributed by atoms with Gasteiger partial charge in [-0.2, -0.15) is 9.29 Å². The highest BCUT2D eigenvalue weighted by atomic mass is 32.2. The van der Waals surface area contributed by atoms with Crippen LogP contribution in [0.4, 0.5) is 11.8 Å². The van der Waals surface area contributed by atoms with Gasteiger partial charge < -0.3 is 14.5 Å². The number of fused-ring (bicyclic) bond motifs is 1. The molecular weight excluding hydrogens is 402 g/mol. The molecule has 1 aromatic carbocycles. The van der Waals surface area contributed by atoms with Crippen molar-refractivity contribution < 1.29 is 13.2 Å². The number of piperidine rings is 1. The van der Waals surface area contributed by atoms with Gasteiger partial charge in [-0.05, 0) is 49.1 Å². The molecule has 0 aliphatic carbocycles. The lowest BCUT2D eigenvalue weighted by atomic mass is 10.1. The Labute approximate surface area is 177 Å². The van der Waals surface area contributed by atoms with Gasteiger partial charge in [0.05, 0.1) is 11.5 Å². The SMILES string of the molecule is O=S(=O)(c1ccc2c(c1)CCO2)N1CCN(c2ccnc(N3CCCCC3)n2)CC1. The van der Waals surface area contributed by atoms with Crippen LogP contribution in [-0.2, 0) is 16.4 Å². The van der Waals surface area contributed by atoms with Crippen molar-refractivity contribution in [3.05, 3.63) is 36.0 Å². The average molecular weight is 430 g/mol. The third-order valence-corrected chi connectivity index (χ3v) is 8.02. The number of hydrogen-bond donors (Lipinski definition) is 0. The number of sulfonamides is 1. The minimum absolute atomic E-state index is 0.356. The third kappa shape index (κ3) is 3.72. The predicted molar refractivity (Wildman–Crippen MR) is 115 cm³/mol. The number of aromatic nitrogens is 2. The lowest BCUT2D eigenvalue weighted by Gasteiger charge is -2.35. The van der Waals surface area contributed by atoms with Crippen molar-refractivity contribution in [3.63, 3.8) is 0 Å². The third-order valence-electron chi connectivity index (χ3n) is 6.13. The Hall–Kier alpha value is -2.39. The van der Waals surface area contributed by atoms with Crippen molar-refractivity contribution >= 4 is 21.8 Å². The molecule has 3 aliphatic rings. The van der Waals surface area contributed by atoms with E-state index in [1.165, 1.54) is 19.3 Å². The molecule has 4 heterocycles. The topological polar surface area (TPSA) is 78.9 Å². The Kier molecular flexibility index (Phi) is 5.24. The molecule has 3 aliphatic heterocycles. The highest BCUT2D eigenvalue weighted by Crippen LogP contribution is 2.29. The number of ether oxygens (including phenoxy) is 1. The summed E-state index contributed by atoms with van der Waals surface area (Å²) in [5.41, 5.74) is 0.973. The molecule has 0 amide bonds. The van der Waals surface area contributed by atoms with E-state index >= 15 is 0 Å². The van der Waals surface area contributed by atoms with Gasteiger partial charge in [-0.1, -0.05) is 0 Å². The van der Waals surface area contributed by atoms with Crippen LogP contribution in [-0.4, -0.2) is 68.6 Å². The summed E-state index contributed by atoms with van der Waals surface area (Å²) in [6.07, 6.45) is 6.20. The maximum Gasteiger partial charge on any atom is 0.243 e. The Morgan fingerprint density at radius 3 is 2.50 bits per heavy atom. The van der Waals surface area contributed by atoms with Crippen molar-refractivity contribution in [1.82, 2.24) is 14.3 Å². The second-order valence-corrected chi connectivity index (χ2v) is 9.96. The van der Waals surface area contributed by atoms with Gasteiger partial charge in [0.25, 0.3) is 0 Å². The molecule has 1 aromatic heterocycles. The first-order valence-electron chi connectivity index (χ1n) is 10.7. The van der Waals surface area contributed by atoms with Gasteiger partial charge in [-0.15, -0.1) is 0 Å². The Morgan fingerprint density at radius 1 is 0.900 bits per heavy atom. The van der Waals surface area contributed by atoms with Crippen LogP contribution in [0.3, 0.4) is 0 Å². The molecule has 2 aromatic rings. The van der Waals surface area contributed by atoms with E-state index in [4.69, 9.17) is 9.72 Å². The molecule has 0 saturated carbocycles. The fourth-order valence-corrected chi connectivity index (χ4v) is 5.86. The minimum atomic E-state index is -3.50. The van der Waals surface area contributed by atoms with Crippen molar-refractivity contribution in [2.45, 2.75) is 30.6 Å². The van der Waals surface area contributed by atoms with Crippen LogP contribution in [0.1, 0.15) is 24.8 Å². The average Bonchev–Trinajstić information content (AvgIpc) is 3.28. The summed E-state index contributed by atoms with van der Waals surface area (Å²) in [5, 5.41) is 0. The van der Waals surface area contributed by atoms with Gasteiger partial charge in [0.1, 0.15) is 11.6 Å². The molecule has 0 atom stereocenters. The molecule has 160 valence electrons. The molecule has 2 saturated heterocycles. The van der Waals surface area contributed by atoms with E-state index in [1.807, 2.05) is 12.3 Å². The van der Waals surface area contributed by atoms with Crippen LogP contribution in [0.2, 0.25) is 0 Å². The molecule has 9 heteroatoms. The van der Waals surface area contributed by atoms with Gasteiger partial charge in [-0.25, -0.2) is 13.4 Å². The van der Waals surface area contributed by atoms with Crippen molar-refractivity contribution in [2.24, 2.45) is 0 Å². The van der Waals surface area contributed by atoms with Crippen LogP contribution in [0, 0.1) is 0 Å². The molecule has 0 radical (unpaired) electrons. The molecule has 30 heavy (non-hydrogen) atoms. The van der Waals surface area contributed by atoms with Crippen molar-refractivity contribution in [1.29, 1.82) is 0 Å². The lowest BCUT2D eigenvalue weighted by Crippen LogP contribution is -2.49. The van der Waals surface area contributed by atoms with Crippen molar-refractivity contribution in [2.75, 3.05) is 55.7 Å². The number of anilines is 2. The lowest BCUT2D eigenvalue weighted by molar-refractivity contribution is 0.356. The van der Waals surface area contributed by atoms with Gasteiger partial charge in [0, 0.05) is 51.9 Å². The molecule has 0 unspecified atom stereocenters. The number of hydrogen-bond acceptors (Lipinski definition) is 7. The van der Waals surface area contributed by atoms with Crippen LogP contribution < -0.4 is 14.5 Å². The van der Waals surface area contributed by atoms with E-state index < -0.39 is 10.0 Å². The predicted octanol–water partition coefficient (Wildman–Crippen LogP) is 1.91. The van der Waals surface area contributed by atoms with Crippen LogP contribution in [0.15, 0.2) is 35.4 Å². The Morgan fingerprint density at radius 2 is 1.70 bits per heavy atom. The van der Waals surface area contributed by atoms with Crippen LogP contribution in [0.25, 0.3) is 0 Å². The van der Waals surface area contributed by atoms with Gasteiger partial charge in [-0.3, -0.25) is 0 Å². The second kappa shape index (κ2) is 8.03. The summed E-state index contributed by atoms with van der Waals surface area (Å²) in [6.45, 7) is 4.74. The van der Waals surface area contributed by atoms with E-state index in [1.54, 1.807) is 22.5 Å². The zero-order chi connectivity index (χ0) is 20.6. The summed E-state index contributed by atoms with van der Waals surface area (Å²) in [7, 11) is -3.50. The molecule has 5 rings (SSSR count). The van der Waals surface area contributed by atoms with Gasteiger partial charge >= 0.3 is 0 Å². The molecule has 0 bridgehead atoms. The number of benzene rings is 1. The molecular formula is C21H27N5O3S. The van der Waals surface area contributed by atoms with Crippen LogP contribution >= 0.6 is 0 Å². The maximum absolute atomic E-state index is 13.1. The van der Waals surface area contributed by atoms with E-state index in [2.05, 4.69) is 14.8 Å². The molecule has 0 N–H and O–H groups in total. The van der Waals surface area contributed by atoms with E-state index in [0.29, 0.717) is 37.7 Å². The number of nitrogens with zero attached hydrogens (tertiary/aromatic N) is 5. The van der Waals surface area contributed by atoms with Gasteiger partial charge in [0.2, 0.25) is 16.0 Å². The molecule has 8 nitrogen and oxygen atoms in total. The second-order valence-electron chi connectivity index (χ2n) is 8.02. The highest BCUT2D eigenvalue weighted by Gasteiger charge is 2.30. The fraction of sp³-hybridized carbons (Fsp3) is 0.524. The maximum atomic E-state index is 13.1. The molecule has 2 fully saturated rings. The smallest absolute Gasteiger partial charge is 0.243 e. The first-order valence-corrected chi connectivity index (χ1v) is 12.1. The first kappa shape index (κ1) is 19.6. The van der Waals surface area contributed by atoms with E-state index in [0.717, 1.165) is 42.6 Å². The van der Waals surface area contributed by atoms with Crippen molar-refractivity contribution in [3.8, 4) is 5.75 Å². The number of rotatable bonds is 4. The zero-order valence-electron chi connectivity index (χ0n) is 17.0. The Balaban J connectivity index is 1.27. The summed E-state index contributed by atoms with van der Waals surface area (Å²) >= 11 is 0. The molecule has 0 spiro atoms. The highest BCUT2D eigenvalue weighted by molar-refractivity contribution is 7.89. The van der Waals surface area contributed by atoms with Gasteiger partial charge in [0.15, 0.2) is 0 Å². The monoisotopic (exact) mass is 429 g/mol. The summed E-state index contributed by atoms with van der Waals surface area (Å²) in [6, 6.07) is 7.10. The van der Waals surface area contributed by atoms with E-state index in [9.17, 15) is 8.42 Å². The summed E-state index contributed by atoms with van der Waals surface area (Å²) < 4.78 is 33.3. The van der Waals surface area contributed by atoms with E-state index in [-0.39, 0.29) is 0 Å². The van der Waals surface area contributed by atoms with Crippen LogP contribution in [0.5, 0.6) is 5.75 Å². The largest absolute Gasteiger partial charge is 0.493 e. The first-order chi connectivity index (χ1) is 14.6. The quantitative estimate of drug-likeness (QED) is 0.735. The number of piperazine rings is 1. The standard InChI is InChI=1S/C21H27N5O3S/c27-30(28,18-4-5-19-17(16-18)7-15-29-19)26-13-11-24(12-14-26)20-6-8-22-21(23-20)25-9-2-1-3-10-25/h4-6,8,16H,1-3,7,9-15H2.